The van der Waals surface area contributed by atoms with Crippen molar-refractivity contribution in [1.29, 1.82) is 5.26 Å². The fourth-order valence-corrected chi connectivity index (χ4v) is 1.45. The number of carbonyl (C=O) groups is 1. The Bertz CT molecular complexity index is 440. The largest absolute Gasteiger partial charge is 0.326 e. The molecule has 78 valence electrons. The quantitative estimate of drug-likeness (QED) is 0.843. The first kappa shape index (κ1) is 11.5. The molecule has 1 N–H and O–H groups in total. The summed E-state index contributed by atoms with van der Waals surface area (Å²) in [6.45, 7) is 0.539. The lowest BCUT2D eigenvalue weighted by molar-refractivity contribution is -0.114. The summed E-state index contributed by atoms with van der Waals surface area (Å²) >= 11 is 5.76. The molecule has 0 radical (unpaired) electrons. The van der Waals surface area contributed by atoms with E-state index in [1.54, 1.807) is 0 Å². The van der Waals surface area contributed by atoms with E-state index in [-0.39, 0.29) is 22.1 Å². The van der Waals surface area contributed by atoms with Crippen LogP contribution in [0.15, 0.2) is 12.1 Å². The summed E-state index contributed by atoms with van der Waals surface area (Å²) in [7, 11) is 0. The average Bonchev–Trinajstić information content (AvgIpc) is 2.15. The first-order chi connectivity index (χ1) is 7.08. The Balaban J connectivity index is 3.21. The number of hydrogen-bond acceptors (Lipinski definition) is 2. The van der Waals surface area contributed by atoms with E-state index >= 15 is 0 Å². The van der Waals surface area contributed by atoms with Gasteiger partial charge in [0, 0.05) is 18.2 Å². The van der Waals surface area contributed by atoms with Gasteiger partial charge in [-0.15, -0.1) is 0 Å². The minimum Gasteiger partial charge on any atom is -0.326 e. The van der Waals surface area contributed by atoms with Crippen LogP contribution in [-0.2, 0) is 11.5 Å². The van der Waals surface area contributed by atoms with Crippen molar-refractivity contribution >= 4 is 23.2 Å². The van der Waals surface area contributed by atoms with Crippen LogP contribution in [0.3, 0.4) is 0 Å². The summed E-state index contributed by atoms with van der Waals surface area (Å²) in [5.74, 6) is -0.277. The van der Waals surface area contributed by atoms with Crippen molar-refractivity contribution in [3.63, 3.8) is 0 Å². The van der Waals surface area contributed by atoms with Crippen molar-refractivity contribution < 1.29 is 9.18 Å². The molecule has 0 aliphatic heterocycles. The van der Waals surface area contributed by atoms with Crippen LogP contribution in [0.4, 0.5) is 10.1 Å². The van der Waals surface area contributed by atoms with E-state index in [0.29, 0.717) is 5.69 Å². The molecule has 3 nitrogen and oxygen atoms in total. The molecule has 0 bridgehead atoms. The molecule has 0 spiro atoms. The molecule has 1 amide bonds. The van der Waals surface area contributed by atoms with E-state index in [1.165, 1.54) is 19.1 Å². The lowest BCUT2D eigenvalue weighted by Gasteiger charge is -2.07. The zero-order chi connectivity index (χ0) is 11.4. The third kappa shape index (κ3) is 2.67. The van der Waals surface area contributed by atoms with Crippen LogP contribution in [0, 0.1) is 11.3 Å². The molecule has 1 aromatic rings. The third-order valence-electron chi connectivity index (χ3n) is 1.75. The molecule has 0 atom stereocenters. The standard InChI is InChI=1S/C10H8ClFN2O/c1-6(15)14-8-2-7(4-12)9(5-13)10(11)3-8/h2-3H,4H2,1H3,(H,14,15). The van der Waals surface area contributed by atoms with Gasteiger partial charge in [0.1, 0.15) is 12.7 Å². The van der Waals surface area contributed by atoms with Crippen molar-refractivity contribution in [2.24, 2.45) is 0 Å². The number of carbonyl (C=O) groups excluding carboxylic acids is 1. The van der Waals surface area contributed by atoms with Gasteiger partial charge in [0.15, 0.2) is 0 Å². The molecule has 15 heavy (non-hydrogen) atoms. The number of nitrogens with one attached hydrogen (secondary N) is 1. The van der Waals surface area contributed by atoms with Gasteiger partial charge in [0.2, 0.25) is 5.91 Å². The second-order valence-electron chi connectivity index (χ2n) is 2.92. The molecule has 0 aliphatic carbocycles. The van der Waals surface area contributed by atoms with Gasteiger partial charge in [-0.25, -0.2) is 4.39 Å². The van der Waals surface area contributed by atoms with Crippen LogP contribution in [0.2, 0.25) is 5.02 Å². The number of hydrogen-bond donors (Lipinski definition) is 1. The van der Waals surface area contributed by atoms with E-state index in [0.717, 1.165) is 0 Å². The predicted molar refractivity (Wildman–Crippen MR) is 55.3 cm³/mol. The summed E-state index contributed by atoms with van der Waals surface area (Å²) in [4.78, 5) is 10.8. The van der Waals surface area contributed by atoms with Crippen LogP contribution < -0.4 is 5.32 Å². The van der Waals surface area contributed by atoms with Gasteiger partial charge in [0.25, 0.3) is 0 Å². The summed E-state index contributed by atoms with van der Waals surface area (Å²) in [5.41, 5.74) is 0.668. The van der Waals surface area contributed by atoms with Gasteiger partial charge in [-0.1, -0.05) is 11.6 Å². The molecular weight excluding hydrogens is 219 g/mol. The second kappa shape index (κ2) is 4.76. The second-order valence-corrected chi connectivity index (χ2v) is 3.33. The molecule has 0 aromatic heterocycles. The van der Waals surface area contributed by atoms with Crippen LogP contribution >= 0.6 is 11.6 Å². The number of benzene rings is 1. The average molecular weight is 227 g/mol. The Morgan fingerprint density at radius 2 is 2.33 bits per heavy atom. The van der Waals surface area contributed by atoms with Crippen molar-refractivity contribution in [1.82, 2.24) is 0 Å². The Kier molecular flexibility index (Phi) is 3.64. The Morgan fingerprint density at radius 3 is 2.80 bits per heavy atom. The first-order valence-corrected chi connectivity index (χ1v) is 4.52. The number of nitrogens with zero attached hydrogens (tertiary/aromatic N) is 1. The zero-order valence-corrected chi connectivity index (χ0v) is 8.73. The Hall–Kier alpha value is -1.60. The summed E-state index contributed by atoms with van der Waals surface area (Å²) in [6, 6.07) is 4.62. The highest BCUT2D eigenvalue weighted by atomic mass is 35.5. The maximum atomic E-state index is 12.5. The molecule has 0 saturated carbocycles. The van der Waals surface area contributed by atoms with E-state index in [9.17, 15) is 9.18 Å². The lowest BCUT2D eigenvalue weighted by Crippen LogP contribution is -2.06. The molecular formula is C10H8ClFN2O. The maximum absolute atomic E-state index is 12.5. The number of halogens is 2. The van der Waals surface area contributed by atoms with Gasteiger partial charge in [-0.2, -0.15) is 5.26 Å². The van der Waals surface area contributed by atoms with Crippen molar-refractivity contribution in [3.8, 4) is 6.07 Å². The Morgan fingerprint density at radius 1 is 1.67 bits per heavy atom. The topological polar surface area (TPSA) is 52.9 Å². The molecule has 0 unspecified atom stereocenters. The van der Waals surface area contributed by atoms with Crippen molar-refractivity contribution in [2.75, 3.05) is 5.32 Å². The molecule has 1 aromatic carbocycles. The highest BCUT2D eigenvalue weighted by molar-refractivity contribution is 6.32. The number of anilines is 1. The molecule has 0 fully saturated rings. The maximum Gasteiger partial charge on any atom is 0.221 e. The molecule has 0 aliphatic rings. The number of amides is 1. The number of rotatable bonds is 2. The minimum absolute atomic E-state index is 0.105. The van der Waals surface area contributed by atoms with Gasteiger partial charge in [0.05, 0.1) is 10.6 Å². The number of alkyl halides is 1. The highest BCUT2D eigenvalue weighted by Crippen LogP contribution is 2.25. The smallest absolute Gasteiger partial charge is 0.221 e. The van der Waals surface area contributed by atoms with Crippen LogP contribution in [0.5, 0.6) is 0 Å². The molecule has 5 heteroatoms. The van der Waals surface area contributed by atoms with Crippen LogP contribution in [-0.4, -0.2) is 5.91 Å². The number of nitriles is 1. The Labute approximate surface area is 91.5 Å². The molecule has 0 saturated heterocycles. The highest BCUT2D eigenvalue weighted by Gasteiger charge is 2.09. The van der Waals surface area contributed by atoms with Gasteiger partial charge in [-0.3, -0.25) is 4.79 Å². The summed E-state index contributed by atoms with van der Waals surface area (Å²) in [6.07, 6.45) is 0. The monoisotopic (exact) mass is 226 g/mol. The minimum atomic E-state index is -0.796. The van der Waals surface area contributed by atoms with E-state index in [1.807, 2.05) is 6.07 Å². The fraction of sp³-hybridized carbons (Fsp3) is 0.200. The van der Waals surface area contributed by atoms with Gasteiger partial charge >= 0.3 is 0 Å². The molecule has 0 heterocycles. The predicted octanol–water partition coefficient (Wildman–Crippen LogP) is 2.64. The lowest BCUT2D eigenvalue weighted by atomic mass is 10.1. The first-order valence-electron chi connectivity index (χ1n) is 4.14. The normalized spacial score (nSPS) is 9.47. The molecule has 1 rings (SSSR count). The van der Waals surface area contributed by atoms with Gasteiger partial charge in [-0.05, 0) is 12.1 Å². The fourth-order valence-electron chi connectivity index (χ4n) is 1.17. The van der Waals surface area contributed by atoms with Crippen molar-refractivity contribution in [2.45, 2.75) is 13.6 Å². The van der Waals surface area contributed by atoms with E-state index in [2.05, 4.69) is 5.32 Å². The van der Waals surface area contributed by atoms with Crippen LogP contribution in [0.25, 0.3) is 0 Å². The van der Waals surface area contributed by atoms with Gasteiger partial charge < -0.3 is 5.32 Å². The van der Waals surface area contributed by atoms with Crippen molar-refractivity contribution in [3.05, 3.63) is 28.3 Å². The van der Waals surface area contributed by atoms with E-state index < -0.39 is 6.67 Å². The third-order valence-corrected chi connectivity index (χ3v) is 2.05. The van der Waals surface area contributed by atoms with E-state index in [4.69, 9.17) is 16.9 Å². The summed E-state index contributed by atoms with van der Waals surface area (Å²) in [5, 5.41) is 11.3. The SMILES string of the molecule is CC(=O)Nc1cc(Cl)c(C#N)c(CF)c1. The zero-order valence-electron chi connectivity index (χ0n) is 7.97. The summed E-state index contributed by atoms with van der Waals surface area (Å²) < 4.78 is 12.5. The van der Waals surface area contributed by atoms with Crippen LogP contribution in [0.1, 0.15) is 18.1 Å².